The van der Waals surface area contributed by atoms with Gasteiger partial charge in [-0.2, -0.15) is 0 Å². The fraction of sp³-hybridized carbons (Fsp3) is 0.160. The minimum atomic E-state index is -0.682. The van der Waals surface area contributed by atoms with Crippen molar-refractivity contribution in [3.8, 4) is 16.9 Å². The van der Waals surface area contributed by atoms with Gasteiger partial charge in [-0.1, -0.05) is 54.6 Å². The number of nitrogens with one attached hydrogen (secondary N) is 1. The fourth-order valence-electron chi connectivity index (χ4n) is 3.05. The van der Waals surface area contributed by atoms with Crippen molar-refractivity contribution in [1.29, 1.82) is 0 Å². The van der Waals surface area contributed by atoms with E-state index in [9.17, 15) is 19.5 Å². The zero-order chi connectivity index (χ0) is 22.2. The highest BCUT2D eigenvalue weighted by Crippen LogP contribution is 2.22. The number of esters is 1. The van der Waals surface area contributed by atoms with Crippen molar-refractivity contribution in [2.45, 2.75) is 19.4 Å². The maximum absolute atomic E-state index is 12.3. The Kier molecular flexibility index (Phi) is 7.17. The third kappa shape index (κ3) is 6.27. The summed E-state index contributed by atoms with van der Waals surface area (Å²) in [6, 6.07) is 22.1. The number of aromatic hydroxyl groups is 1. The molecule has 3 aromatic carbocycles. The highest BCUT2D eigenvalue weighted by Gasteiger charge is 2.19. The van der Waals surface area contributed by atoms with Crippen LogP contribution < -0.4 is 5.32 Å². The molecule has 6 heteroatoms. The Morgan fingerprint density at radius 1 is 0.871 bits per heavy atom. The van der Waals surface area contributed by atoms with Gasteiger partial charge in [0.05, 0.1) is 11.6 Å². The Hall–Kier alpha value is -3.93. The van der Waals surface area contributed by atoms with Crippen molar-refractivity contribution in [2.75, 3.05) is 6.61 Å². The fourth-order valence-corrected chi connectivity index (χ4v) is 3.05. The average molecular weight is 417 g/mol. The van der Waals surface area contributed by atoms with E-state index in [1.165, 1.54) is 6.92 Å². The van der Waals surface area contributed by atoms with Crippen LogP contribution in [-0.2, 0) is 20.7 Å². The molecule has 0 radical (unpaired) electrons. The quantitative estimate of drug-likeness (QED) is 0.547. The van der Waals surface area contributed by atoms with Gasteiger partial charge in [0.1, 0.15) is 5.75 Å². The van der Waals surface area contributed by atoms with Gasteiger partial charge in [-0.05, 0) is 54.3 Å². The SMILES string of the molecule is CC(=O)[C@@H](Cc1ccccc1)NC(=O)COC(=O)c1ccc(-c2ccc(O)cc2)cc1. The molecule has 158 valence electrons. The maximum atomic E-state index is 12.3. The van der Waals surface area contributed by atoms with Gasteiger partial charge in [-0.3, -0.25) is 9.59 Å². The van der Waals surface area contributed by atoms with Crippen molar-refractivity contribution < 1.29 is 24.2 Å². The number of phenols is 1. The first-order valence-corrected chi connectivity index (χ1v) is 9.82. The van der Waals surface area contributed by atoms with Crippen molar-refractivity contribution >= 4 is 17.7 Å². The van der Waals surface area contributed by atoms with Crippen LogP contribution in [-0.4, -0.2) is 35.4 Å². The lowest BCUT2D eigenvalue weighted by molar-refractivity contribution is -0.128. The maximum Gasteiger partial charge on any atom is 0.338 e. The van der Waals surface area contributed by atoms with E-state index >= 15 is 0 Å². The molecule has 0 heterocycles. The molecule has 31 heavy (non-hydrogen) atoms. The largest absolute Gasteiger partial charge is 0.508 e. The summed E-state index contributed by atoms with van der Waals surface area (Å²) < 4.78 is 5.09. The van der Waals surface area contributed by atoms with Gasteiger partial charge in [-0.15, -0.1) is 0 Å². The molecular weight excluding hydrogens is 394 g/mol. The normalized spacial score (nSPS) is 11.4. The monoisotopic (exact) mass is 417 g/mol. The summed E-state index contributed by atoms with van der Waals surface area (Å²) in [7, 11) is 0. The van der Waals surface area contributed by atoms with E-state index in [1.807, 2.05) is 30.3 Å². The van der Waals surface area contributed by atoms with Crippen molar-refractivity contribution in [1.82, 2.24) is 5.32 Å². The third-order valence-electron chi connectivity index (χ3n) is 4.76. The second-order valence-electron chi connectivity index (χ2n) is 7.12. The molecule has 0 spiro atoms. The number of phenolic OH excluding ortho intramolecular Hbond substituents is 1. The first-order valence-electron chi connectivity index (χ1n) is 9.82. The number of hydrogen-bond acceptors (Lipinski definition) is 5. The molecule has 0 aromatic heterocycles. The number of amides is 1. The lowest BCUT2D eigenvalue weighted by atomic mass is 10.0. The summed E-state index contributed by atoms with van der Waals surface area (Å²) in [5.41, 5.74) is 3.00. The summed E-state index contributed by atoms with van der Waals surface area (Å²) in [5.74, 6) is -1.16. The summed E-state index contributed by atoms with van der Waals surface area (Å²) in [5, 5.41) is 12.0. The van der Waals surface area contributed by atoms with Crippen molar-refractivity contribution in [2.24, 2.45) is 0 Å². The zero-order valence-electron chi connectivity index (χ0n) is 17.1. The van der Waals surface area contributed by atoms with Gasteiger partial charge >= 0.3 is 5.97 Å². The summed E-state index contributed by atoms with van der Waals surface area (Å²) in [6.07, 6.45) is 0.370. The highest BCUT2D eigenvalue weighted by atomic mass is 16.5. The molecule has 0 fully saturated rings. The van der Waals surface area contributed by atoms with Crippen LogP contribution >= 0.6 is 0 Å². The number of hydrogen-bond donors (Lipinski definition) is 2. The van der Waals surface area contributed by atoms with E-state index in [-0.39, 0.29) is 11.5 Å². The molecule has 0 saturated carbocycles. The van der Waals surface area contributed by atoms with E-state index in [0.717, 1.165) is 16.7 Å². The number of carbonyl (C=O) groups is 3. The van der Waals surface area contributed by atoms with Gasteiger partial charge in [0.2, 0.25) is 0 Å². The number of carbonyl (C=O) groups excluding carboxylic acids is 3. The van der Waals surface area contributed by atoms with E-state index in [0.29, 0.717) is 12.0 Å². The second kappa shape index (κ2) is 10.2. The van der Waals surface area contributed by atoms with Gasteiger partial charge in [0, 0.05) is 0 Å². The van der Waals surface area contributed by atoms with Gasteiger partial charge in [0.15, 0.2) is 12.4 Å². The minimum absolute atomic E-state index is 0.173. The molecule has 2 N–H and O–H groups in total. The molecule has 0 aliphatic heterocycles. The van der Waals surface area contributed by atoms with E-state index in [2.05, 4.69) is 5.32 Å². The van der Waals surface area contributed by atoms with Gasteiger partial charge in [0.25, 0.3) is 5.91 Å². The zero-order valence-corrected chi connectivity index (χ0v) is 17.1. The van der Waals surface area contributed by atoms with Crippen molar-refractivity contribution in [3.05, 3.63) is 90.0 Å². The van der Waals surface area contributed by atoms with E-state index < -0.39 is 24.5 Å². The molecule has 0 aliphatic carbocycles. The van der Waals surface area contributed by atoms with Crippen LogP contribution in [0.3, 0.4) is 0 Å². The topological polar surface area (TPSA) is 92.7 Å². The van der Waals surface area contributed by atoms with Crippen LogP contribution in [0.2, 0.25) is 0 Å². The lowest BCUT2D eigenvalue weighted by Crippen LogP contribution is -2.43. The Balaban J connectivity index is 1.53. The van der Waals surface area contributed by atoms with E-state index in [4.69, 9.17) is 4.74 Å². The predicted octanol–water partition coefficient (Wildman–Crippen LogP) is 3.53. The molecule has 0 aliphatic rings. The number of Topliss-reactive ketones (excluding diaryl/α,β-unsaturated/α-hetero) is 1. The molecule has 1 amide bonds. The van der Waals surface area contributed by atoms with Crippen molar-refractivity contribution in [3.63, 3.8) is 0 Å². The first-order chi connectivity index (χ1) is 14.9. The Morgan fingerprint density at radius 3 is 2.03 bits per heavy atom. The van der Waals surface area contributed by atoms with Gasteiger partial charge in [-0.25, -0.2) is 4.79 Å². The first kappa shape index (κ1) is 21.8. The van der Waals surface area contributed by atoms with Crippen LogP contribution in [0.5, 0.6) is 5.75 Å². The smallest absolute Gasteiger partial charge is 0.338 e. The van der Waals surface area contributed by atoms with Crippen LogP contribution in [0, 0.1) is 0 Å². The van der Waals surface area contributed by atoms with Gasteiger partial charge < -0.3 is 15.2 Å². The summed E-state index contributed by atoms with van der Waals surface area (Å²) in [6.45, 7) is 0.937. The molecule has 6 nitrogen and oxygen atoms in total. The predicted molar refractivity (Wildman–Crippen MR) is 117 cm³/mol. The molecule has 0 unspecified atom stereocenters. The highest BCUT2D eigenvalue weighted by molar-refractivity contribution is 5.93. The molecule has 0 saturated heterocycles. The van der Waals surface area contributed by atoms with Crippen LogP contribution in [0.25, 0.3) is 11.1 Å². The van der Waals surface area contributed by atoms with Crippen LogP contribution in [0.1, 0.15) is 22.8 Å². The number of ketones is 1. The Morgan fingerprint density at radius 2 is 1.45 bits per heavy atom. The number of rotatable bonds is 8. The van der Waals surface area contributed by atoms with E-state index in [1.54, 1.807) is 48.5 Å². The molecular formula is C25H23NO5. The lowest BCUT2D eigenvalue weighted by Gasteiger charge is -2.16. The summed E-state index contributed by atoms with van der Waals surface area (Å²) >= 11 is 0. The third-order valence-corrected chi connectivity index (χ3v) is 4.76. The van der Waals surface area contributed by atoms with Crippen LogP contribution in [0.15, 0.2) is 78.9 Å². The molecule has 0 bridgehead atoms. The summed E-state index contributed by atoms with van der Waals surface area (Å²) in [4.78, 5) is 36.3. The Bertz CT molecular complexity index is 1040. The molecule has 3 aromatic rings. The molecule has 1 atom stereocenters. The standard InChI is InChI=1S/C25H23NO5/c1-17(27)23(15-18-5-3-2-4-6-18)26-24(29)16-31-25(30)21-9-7-19(8-10-21)20-11-13-22(28)14-12-20/h2-14,23,28H,15-16H2,1H3,(H,26,29)/t23-/m1/s1. The average Bonchev–Trinajstić information content (AvgIpc) is 2.78. The van der Waals surface area contributed by atoms with Crippen LogP contribution in [0.4, 0.5) is 0 Å². The number of ether oxygens (including phenoxy) is 1. The second-order valence-corrected chi connectivity index (χ2v) is 7.12. The number of benzene rings is 3. The molecule has 3 rings (SSSR count). The Labute approximate surface area is 180 Å². The minimum Gasteiger partial charge on any atom is -0.508 e.